The summed E-state index contributed by atoms with van der Waals surface area (Å²) in [6.45, 7) is 1.14. The van der Waals surface area contributed by atoms with Crippen LogP contribution in [-0.2, 0) is 0 Å². The number of rotatable bonds is 3. The number of thioether (sulfide) groups is 1. The minimum absolute atomic E-state index is 0.0261. The number of benzene rings is 3. The van der Waals surface area contributed by atoms with Gasteiger partial charge in [-0.2, -0.15) is 0 Å². The Hall–Kier alpha value is -3.12. The first kappa shape index (κ1) is 24.0. The molecule has 0 bridgehead atoms. The molecule has 0 spiro atoms. The summed E-state index contributed by atoms with van der Waals surface area (Å²) < 4.78 is 11.7. The van der Waals surface area contributed by atoms with Crippen LogP contribution in [0.25, 0.3) is 11.8 Å². The summed E-state index contributed by atoms with van der Waals surface area (Å²) in [4.78, 5) is 7.65. The summed E-state index contributed by atoms with van der Waals surface area (Å²) in [6.07, 6.45) is 5.33. The molecule has 0 saturated carbocycles. The minimum Gasteiger partial charge on any atom is -0.486 e. The van der Waals surface area contributed by atoms with Crippen LogP contribution in [0.1, 0.15) is 42.0 Å². The van der Waals surface area contributed by atoms with Crippen molar-refractivity contribution in [1.82, 2.24) is 4.90 Å². The predicted octanol–water partition coefficient (Wildman–Crippen LogP) is 8.74. The Balaban J connectivity index is 1.34. The largest absolute Gasteiger partial charge is 0.486 e. The molecule has 3 aliphatic heterocycles. The number of allylic oxidation sites excluding steroid dienone is 1. The molecule has 0 amide bonds. The quantitative estimate of drug-likeness (QED) is 0.321. The molecule has 1 aliphatic carbocycles. The average molecular weight is 560 g/mol. The van der Waals surface area contributed by atoms with E-state index in [0.29, 0.717) is 13.2 Å². The van der Waals surface area contributed by atoms with Crippen molar-refractivity contribution >= 4 is 51.9 Å². The van der Waals surface area contributed by atoms with Gasteiger partial charge in [0, 0.05) is 21.0 Å². The third-order valence-electron chi connectivity index (χ3n) is 7.27. The summed E-state index contributed by atoms with van der Waals surface area (Å²) in [6, 6.07) is 22.5. The summed E-state index contributed by atoms with van der Waals surface area (Å²) >= 11 is 14.1. The second kappa shape index (κ2) is 9.88. The summed E-state index contributed by atoms with van der Waals surface area (Å²) in [5, 5.41) is 4.66. The van der Waals surface area contributed by atoms with Gasteiger partial charge in [0.05, 0.1) is 17.4 Å². The molecule has 7 heteroatoms. The molecular formula is C31H24Cl2N2O2S. The van der Waals surface area contributed by atoms with Crippen LogP contribution in [0.4, 0.5) is 0 Å². The standard InChI is InChI=1S/C31H24Cl2N2O2S/c32-23-9-4-19(5-10-23)16-22-2-1-3-25-29(22)34-31-35(30(25)20-6-11-24(33)12-7-20)26(18-38-31)21-8-13-27-28(17-21)37-15-14-36-27/h4-13,16-18,30H,1-3,14-15H2/b22-16+. The molecule has 3 aromatic carbocycles. The van der Waals surface area contributed by atoms with Gasteiger partial charge < -0.3 is 14.4 Å². The van der Waals surface area contributed by atoms with Gasteiger partial charge in [0.1, 0.15) is 13.2 Å². The zero-order valence-corrected chi connectivity index (χ0v) is 22.8. The van der Waals surface area contributed by atoms with E-state index in [1.165, 1.54) is 16.7 Å². The van der Waals surface area contributed by atoms with E-state index >= 15 is 0 Å². The van der Waals surface area contributed by atoms with Crippen LogP contribution >= 0.6 is 35.0 Å². The summed E-state index contributed by atoms with van der Waals surface area (Å²) in [5.74, 6) is 1.58. The topological polar surface area (TPSA) is 34.1 Å². The highest BCUT2D eigenvalue weighted by Crippen LogP contribution is 2.51. The minimum atomic E-state index is 0.0261. The number of hydrogen-bond donors (Lipinski definition) is 0. The van der Waals surface area contributed by atoms with Crippen LogP contribution < -0.4 is 9.47 Å². The van der Waals surface area contributed by atoms with Gasteiger partial charge in [0.25, 0.3) is 0 Å². The highest BCUT2D eigenvalue weighted by Gasteiger charge is 2.40. The molecule has 0 fully saturated rings. The fourth-order valence-electron chi connectivity index (χ4n) is 5.53. The van der Waals surface area contributed by atoms with Gasteiger partial charge in [-0.1, -0.05) is 59.2 Å². The first-order chi connectivity index (χ1) is 18.6. The van der Waals surface area contributed by atoms with Crippen molar-refractivity contribution in [3.8, 4) is 11.5 Å². The average Bonchev–Trinajstić information content (AvgIpc) is 3.37. The van der Waals surface area contributed by atoms with E-state index in [1.807, 2.05) is 30.3 Å². The maximum absolute atomic E-state index is 6.31. The molecule has 1 atom stereocenters. The molecule has 190 valence electrons. The maximum Gasteiger partial charge on any atom is 0.174 e. The van der Waals surface area contributed by atoms with Gasteiger partial charge in [0.2, 0.25) is 0 Å². The van der Waals surface area contributed by atoms with Crippen LogP contribution in [0, 0.1) is 0 Å². The van der Waals surface area contributed by atoms with Crippen molar-refractivity contribution < 1.29 is 9.47 Å². The van der Waals surface area contributed by atoms with Gasteiger partial charge in [-0.05, 0) is 90.1 Å². The normalized spacial score (nSPS) is 21.2. The second-order valence-corrected chi connectivity index (χ2v) is 11.4. The molecule has 0 N–H and O–H groups in total. The van der Waals surface area contributed by atoms with Crippen LogP contribution in [0.5, 0.6) is 11.5 Å². The van der Waals surface area contributed by atoms with E-state index in [-0.39, 0.29) is 6.04 Å². The lowest BCUT2D eigenvalue weighted by Crippen LogP contribution is -2.34. The third kappa shape index (κ3) is 4.33. The SMILES string of the molecule is Clc1ccc(/C=C2\CCCC3=C2N=C2SC=C(c4ccc5c(c4)OCCO5)N2C3c2ccc(Cl)cc2)cc1. The van der Waals surface area contributed by atoms with Crippen molar-refractivity contribution in [1.29, 1.82) is 0 Å². The molecule has 0 aromatic heterocycles. The lowest BCUT2D eigenvalue weighted by Gasteiger charge is -2.40. The Labute approximate surface area is 236 Å². The van der Waals surface area contributed by atoms with Crippen molar-refractivity contribution in [2.45, 2.75) is 25.3 Å². The number of fused-ring (bicyclic) bond motifs is 2. The lowest BCUT2D eigenvalue weighted by atomic mass is 9.82. The number of ether oxygens (including phenoxy) is 2. The van der Waals surface area contributed by atoms with E-state index in [0.717, 1.165) is 68.5 Å². The van der Waals surface area contributed by atoms with Crippen LogP contribution in [0.3, 0.4) is 0 Å². The van der Waals surface area contributed by atoms with E-state index in [1.54, 1.807) is 11.8 Å². The van der Waals surface area contributed by atoms with Gasteiger partial charge >= 0.3 is 0 Å². The zero-order valence-electron chi connectivity index (χ0n) is 20.5. The number of halogens is 2. The van der Waals surface area contributed by atoms with E-state index in [9.17, 15) is 0 Å². The molecular weight excluding hydrogens is 535 g/mol. The van der Waals surface area contributed by atoms with Crippen molar-refractivity contribution in [3.63, 3.8) is 0 Å². The van der Waals surface area contributed by atoms with Gasteiger partial charge in [-0.3, -0.25) is 0 Å². The van der Waals surface area contributed by atoms with Crippen LogP contribution in [0.2, 0.25) is 10.0 Å². The van der Waals surface area contributed by atoms with E-state index in [4.69, 9.17) is 37.7 Å². The number of aliphatic imine (C=N–C) groups is 1. The monoisotopic (exact) mass is 558 g/mol. The first-order valence-corrected chi connectivity index (χ1v) is 14.4. The van der Waals surface area contributed by atoms with E-state index in [2.05, 4.69) is 52.8 Å². The Morgan fingerprint density at radius 3 is 2.39 bits per heavy atom. The van der Waals surface area contributed by atoms with Crippen LogP contribution in [0.15, 0.2) is 94.0 Å². The number of hydrogen-bond acceptors (Lipinski definition) is 5. The van der Waals surface area contributed by atoms with Crippen LogP contribution in [-0.4, -0.2) is 23.3 Å². The molecule has 0 radical (unpaired) electrons. The highest BCUT2D eigenvalue weighted by molar-refractivity contribution is 8.16. The van der Waals surface area contributed by atoms with Crippen molar-refractivity contribution in [2.75, 3.05) is 13.2 Å². The summed E-state index contributed by atoms with van der Waals surface area (Å²) in [5.41, 5.74) is 8.27. The van der Waals surface area contributed by atoms with Gasteiger partial charge in [-0.25, -0.2) is 4.99 Å². The van der Waals surface area contributed by atoms with Gasteiger partial charge in [-0.15, -0.1) is 0 Å². The third-order valence-corrected chi connectivity index (χ3v) is 8.62. The molecule has 0 saturated heterocycles. The number of amidine groups is 1. The smallest absolute Gasteiger partial charge is 0.174 e. The van der Waals surface area contributed by atoms with Crippen molar-refractivity contribution in [2.24, 2.45) is 4.99 Å². The van der Waals surface area contributed by atoms with Crippen molar-refractivity contribution in [3.05, 3.63) is 116 Å². The molecule has 4 nitrogen and oxygen atoms in total. The Morgan fingerprint density at radius 2 is 1.61 bits per heavy atom. The predicted molar refractivity (Wildman–Crippen MR) is 157 cm³/mol. The highest BCUT2D eigenvalue weighted by atomic mass is 35.5. The summed E-state index contributed by atoms with van der Waals surface area (Å²) in [7, 11) is 0. The molecule has 38 heavy (non-hydrogen) atoms. The Morgan fingerprint density at radius 1 is 0.868 bits per heavy atom. The molecule has 1 unspecified atom stereocenters. The maximum atomic E-state index is 6.31. The zero-order chi connectivity index (χ0) is 25.6. The second-order valence-electron chi connectivity index (χ2n) is 9.65. The Bertz CT molecular complexity index is 1540. The number of nitrogens with zero attached hydrogens (tertiary/aromatic N) is 2. The molecule has 3 aromatic rings. The Kier molecular flexibility index (Phi) is 6.23. The fourth-order valence-corrected chi connectivity index (χ4v) is 6.71. The molecule has 3 heterocycles. The molecule has 4 aliphatic rings. The van der Waals surface area contributed by atoms with E-state index < -0.39 is 0 Å². The first-order valence-electron chi connectivity index (χ1n) is 12.7. The molecule has 7 rings (SSSR count). The van der Waals surface area contributed by atoms with Gasteiger partial charge in [0.15, 0.2) is 16.7 Å². The lowest BCUT2D eigenvalue weighted by molar-refractivity contribution is 0.171. The fraction of sp³-hybridized carbons (Fsp3) is 0.194.